The zero-order chi connectivity index (χ0) is 25.5. The first kappa shape index (κ1) is 29.8. The van der Waals surface area contributed by atoms with Gasteiger partial charge in [-0.25, -0.2) is 0 Å². The number of benzene rings is 3. The molecule has 1 saturated carbocycles. The number of guanidine groups is 1. The van der Waals surface area contributed by atoms with E-state index in [0.29, 0.717) is 5.96 Å². The summed E-state index contributed by atoms with van der Waals surface area (Å²) < 4.78 is 0. The average Bonchev–Trinajstić information content (AvgIpc) is 3.01. The summed E-state index contributed by atoms with van der Waals surface area (Å²) in [7, 11) is 0. The van der Waals surface area contributed by atoms with Crippen LogP contribution in [0.5, 0.6) is 0 Å². The maximum absolute atomic E-state index is 4.62. The Labute approximate surface area is 232 Å². The Kier molecular flexibility index (Phi) is 11.4. The monoisotopic (exact) mass is 655 g/mol. The summed E-state index contributed by atoms with van der Waals surface area (Å²) in [5.74, 6) is 7.78. The second-order valence-electron chi connectivity index (χ2n) is 9.27. The standard InChI is InChI=1S/C22H21N3.C10H15.Ir/c1-16-4-10-19(11-5-16)23-22(24-20-12-6-17(2)7-13-20)25-21-14-8-18(3)9-15-21;1-6-7(2)9(4)10(5)8(6)3;/h4-15H,1-3H3;1-5H3;/q-2;;+3. The minimum Gasteiger partial charge on any atom is -0.525 e. The normalized spacial score (nSPS) is 15.0. The molecule has 3 aromatic carbocycles. The zero-order valence-corrected chi connectivity index (χ0v) is 25.0. The molecule has 1 aliphatic carbocycles. The molecule has 1 aliphatic rings. The molecule has 187 valence electrons. The van der Waals surface area contributed by atoms with Crippen LogP contribution in [-0.2, 0) is 20.1 Å². The van der Waals surface area contributed by atoms with Crippen molar-refractivity contribution in [1.29, 1.82) is 0 Å². The molecule has 0 bridgehead atoms. The summed E-state index contributed by atoms with van der Waals surface area (Å²) in [5.41, 5.74) is 6.12. The molecular formula is C32H36IrN3+. The maximum atomic E-state index is 4.62. The van der Waals surface area contributed by atoms with E-state index in [1.807, 2.05) is 72.8 Å². The zero-order valence-electron chi connectivity index (χ0n) is 22.6. The predicted octanol–water partition coefficient (Wildman–Crippen LogP) is 9.98. The van der Waals surface area contributed by atoms with Crippen LogP contribution in [0.1, 0.15) is 51.3 Å². The number of aliphatic imine (C=N–C) groups is 1. The van der Waals surface area contributed by atoms with E-state index in [1.165, 1.54) is 46.3 Å². The molecule has 4 heteroatoms. The van der Waals surface area contributed by atoms with Crippen LogP contribution < -0.4 is 0 Å². The summed E-state index contributed by atoms with van der Waals surface area (Å²) in [4.78, 5) is 4.62. The van der Waals surface area contributed by atoms with Crippen LogP contribution in [0.15, 0.2) is 77.8 Å². The molecule has 0 heterocycles. The van der Waals surface area contributed by atoms with Gasteiger partial charge in [0.1, 0.15) is 0 Å². The van der Waals surface area contributed by atoms with Gasteiger partial charge in [-0.2, -0.15) is 5.96 Å². The van der Waals surface area contributed by atoms with Crippen molar-refractivity contribution >= 4 is 23.0 Å². The SMILES string of the molecule is C[C]1[C](C)[C](C)[C](C)[C]1C.Cc1ccc(N=C([N-]c2ccc(C)cc2)[N-]c2ccc(C)cc2)cc1.[Ir+3]. The first-order chi connectivity index (χ1) is 16.6. The van der Waals surface area contributed by atoms with E-state index in [0.717, 1.165) is 17.1 Å². The summed E-state index contributed by atoms with van der Waals surface area (Å²) in [6.07, 6.45) is 0. The Morgan fingerprint density at radius 2 is 0.722 bits per heavy atom. The van der Waals surface area contributed by atoms with Crippen LogP contribution in [0.25, 0.3) is 10.6 Å². The van der Waals surface area contributed by atoms with Crippen molar-refractivity contribution in [2.75, 3.05) is 0 Å². The van der Waals surface area contributed by atoms with Gasteiger partial charge in [0.2, 0.25) is 0 Å². The summed E-state index contributed by atoms with van der Waals surface area (Å²) in [6, 6.07) is 24.1. The molecule has 0 saturated heterocycles. The third-order valence-corrected chi connectivity index (χ3v) is 6.60. The molecule has 36 heavy (non-hydrogen) atoms. The van der Waals surface area contributed by atoms with Gasteiger partial charge in [0.25, 0.3) is 0 Å². The number of hydrogen-bond acceptors (Lipinski definition) is 1. The van der Waals surface area contributed by atoms with E-state index >= 15 is 0 Å². The molecular weight excluding hydrogens is 619 g/mol. The predicted molar refractivity (Wildman–Crippen MR) is 151 cm³/mol. The summed E-state index contributed by atoms with van der Waals surface area (Å²) in [5, 5.41) is 9.24. The Hall–Kier alpha value is -2.42. The average molecular weight is 655 g/mol. The van der Waals surface area contributed by atoms with Crippen molar-refractivity contribution < 1.29 is 20.1 Å². The molecule has 4 rings (SSSR count). The number of nitrogens with zero attached hydrogens (tertiary/aromatic N) is 3. The molecule has 0 aliphatic heterocycles. The fraction of sp³-hybridized carbons (Fsp3) is 0.250. The van der Waals surface area contributed by atoms with Gasteiger partial charge in [-0.3, -0.25) is 0 Å². The molecule has 0 atom stereocenters. The molecule has 3 nitrogen and oxygen atoms in total. The van der Waals surface area contributed by atoms with E-state index in [4.69, 9.17) is 0 Å². The molecule has 1 fully saturated rings. The van der Waals surface area contributed by atoms with Gasteiger partial charge >= 0.3 is 20.1 Å². The van der Waals surface area contributed by atoms with Gasteiger partial charge in [-0.05, 0) is 50.4 Å². The second-order valence-corrected chi connectivity index (χ2v) is 9.27. The van der Waals surface area contributed by atoms with Crippen molar-refractivity contribution in [2.45, 2.75) is 55.4 Å². The Morgan fingerprint density at radius 1 is 0.444 bits per heavy atom. The Balaban J connectivity index is 0.000000350. The number of aryl methyl sites for hydroxylation is 3. The van der Waals surface area contributed by atoms with E-state index < -0.39 is 0 Å². The van der Waals surface area contributed by atoms with Crippen LogP contribution in [0, 0.1) is 50.4 Å². The third-order valence-electron chi connectivity index (χ3n) is 6.60. The summed E-state index contributed by atoms with van der Waals surface area (Å²) in [6.45, 7) is 17.2. The van der Waals surface area contributed by atoms with Gasteiger partial charge in [0, 0.05) is 0 Å². The molecule has 0 amide bonds. The Morgan fingerprint density at radius 3 is 1.03 bits per heavy atom. The van der Waals surface area contributed by atoms with Gasteiger partial charge in [-0.1, -0.05) is 141 Å². The first-order valence-corrected chi connectivity index (χ1v) is 12.1. The van der Waals surface area contributed by atoms with Crippen molar-refractivity contribution in [3.8, 4) is 0 Å². The largest absolute Gasteiger partial charge is 3.00 e. The van der Waals surface area contributed by atoms with Crippen molar-refractivity contribution in [1.82, 2.24) is 0 Å². The maximum Gasteiger partial charge on any atom is 3.00 e. The fourth-order valence-electron chi connectivity index (χ4n) is 3.69. The van der Waals surface area contributed by atoms with E-state index in [2.05, 4.69) is 71.0 Å². The molecule has 0 spiro atoms. The van der Waals surface area contributed by atoms with Gasteiger partial charge in [-0.15, -0.1) is 0 Å². The number of rotatable bonds is 3. The molecule has 0 unspecified atom stereocenters. The summed E-state index contributed by atoms with van der Waals surface area (Å²) >= 11 is 0. The topological polar surface area (TPSA) is 40.6 Å². The van der Waals surface area contributed by atoms with E-state index in [1.54, 1.807) is 0 Å². The quantitative estimate of drug-likeness (QED) is 0.199. The van der Waals surface area contributed by atoms with Crippen molar-refractivity contribution in [3.05, 3.63) is 130 Å². The minimum absolute atomic E-state index is 0. The fourth-order valence-corrected chi connectivity index (χ4v) is 3.69. The van der Waals surface area contributed by atoms with Gasteiger partial charge in [0.15, 0.2) is 0 Å². The van der Waals surface area contributed by atoms with Crippen LogP contribution in [0.4, 0.5) is 17.1 Å². The first-order valence-electron chi connectivity index (χ1n) is 12.1. The van der Waals surface area contributed by atoms with Crippen LogP contribution in [0.3, 0.4) is 0 Å². The molecule has 0 aromatic heterocycles. The van der Waals surface area contributed by atoms with Gasteiger partial charge in [0.05, 0.1) is 0 Å². The van der Waals surface area contributed by atoms with E-state index in [-0.39, 0.29) is 20.1 Å². The second kappa shape index (κ2) is 13.8. The van der Waals surface area contributed by atoms with Crippen molar-refractivity contribution in [3.63, 3.8) is 0 Å². The molecule has 3 aromatic rings. The minimum atomic E-state index is 0. The van der Waals surface area contributed by atoms with Crippen LogP contribution in [0.2, 0.25) is 0 Å². The molecule has 0 N–H and O–H groups in total. The Bertz CT molecular complexity index is 993. The third kappa shape index (κ3) is 8.32. The van der Waals surface area contributed by atoms with Crippen LogP contribution >= 0.6 is 0 Å². The molecule has 5 radical (unpaired) electrons. The smallest absolute Gasteiger partial charge is 0.525 e. The van der Waals surface area contributed by atoms with E-state index in [9.17, 15) is 0 Å². The van der Waals surface area contributed by atoms with Crippen molar-refractivity contribution in [2.24, 2.45) is 4.99 Å². The van der Waals surface area contributed by atoms with Gasteiger partial charge < -0.3 is 15.6 Å². The van der Waals surface area contributed by atoms with Crippen LogP contribution in [-0.4, -0.2) is 5.96 Å². The number of hydrogen-bond donors (Lipinski definition) is 0.